The van der Waals surface area contributed by atoms with Gasteiger partial charge in [-0.05, 0) is 51.0 Å². The quantitative estimate of drug-likeness (QED) is 0.600. The number of amides is 1. The molecule has 0 atom stereocenters. The Morgan fingerprint density at radius 3 is 2.35 bits per heavy atom. The van der Waals surface area contributed by atoms with Crippen molar-refractivity contribution in [2.75, 3.05) is 13.1 Å². The second-order valence-electron chi connectivity index (χ2n) is 8.33. The van der Waals surface area contributed by atoms with Crippen LogP contribution in [0.2, 0.25) is 0 Å². The molecule has 0 unspecified atom stereocenters. The number of hydrogen-bond acceptors (Lipinski definition) is 5. The van der Waals surface area contributed by atoms with Gasteiger partial charge in [-0.1, -0.05) is 29.8 Å². The number of nitrogens with one attached hydrogen (secondary N) is 1. The van der Waals surface area contributed by atoms with Gasteiger partial charge in [0, 0.05) is 30.9 Å². The van der Waals surface area contributed by atoms with Crippen LogP contribution < -0.4 is 10.7 Å². The molecule has 2 aromatic carbocycles. The Morgan fingerprint density at radius 2 is 1.71 bits per heavy atom. The molecule has 0 spiro atoms. The highest BCUT2D eigenvalue weighted by atomic mass is 32.2. The fourth-order valence-electron chi connectivity index (χ4n) is 3.93. The van der Waals surface area contributed by atoms with Crippen molar-refractivity contribution in [1.82, 2.24) is 19.4 Å². The molecule has 0 bridgehead atoms. The third-order valence-electron chi connectivity index (χ3n) is 5.85. The topological polar surface area (TPSA) is 101 Å². The summed E-state index contributed by atoms with van der Waals surface area (Å²) < 4.78 is 42.6. The van der Waals surface area contributed by atoms with E-state index in [0.717, 1.165) is 5.56 Å². The summed E-state index contributed by atoms with van der Waals surface area (Å²) in [4.78, 5) is 25.5. The smallest absolute Gasteiger partial charge is 0.276 e. The Morgan fingerprint density at radius 1 is 1.06 bits per heavy atom. The zero-order valence-electron chi connectivity index (χ0n) is 18.9. The molecular formula is C24H25FN4O4S. The lowest BCUT2D eigenvalue weighted by Gasteiger charge is -2.31. The molecule has 10 heteroatoms. The van der Waals surface area contributed by atoms with Gasteiger partial charge in [0.1, 0.15) is 11.5 Å². The third kappa shape index (κ3) is 4.78. The van der Waals surface area contributed by atoms with Gasteiger partial charge in [0.05, 0.1) is 4.90 Å². The first-order valence-corrected chi connectivity index (χ1v) is 12.3. The number of carbonyl (C=O) groups excluding carboxylic acids is 1. The third-order valence-corrected chi connectivity index (χ3v) is 7.76. The first-order valence-electron chi connectivity index (χ1n) is 10.9. The van der Waals surface area contributed by atoms with Crippen LogP contribution in [0.15, 0.2) is 64.3 Å². The molecule has 0 saturated carbocycles. The fourth-order valence-corrected chi connectivity index (χ4v) is 5.40. The number of nitrogens with zero attached hydrogens (tertiary/aromatic N) is 3. The molecule has 0 radical (unpaired) electrons. The van der Waals surface area contributed by atoms with Gasteiger partial charge in [-0.3, -0.25) is 9.59 Å². The summed E-state index contributed by atoms with van der Waals surface area (Å²) >= 11 is 0. The molecule has 178 valence electrons. The Bertz CT molecular complexity index is 1380. The van der Waals surface area contributed by atoms with Crippen LogP contribution in [0.1, 0.15) is 34.6 Å². The number of para-hydroxylation sites is 1. The molecule has 1 saturated heterocycles. The minimum Gasteiger partial charge on any atom is -0.348 e. The Labute approximate surface area is 197 Å². The van der Waals surface area contributed by atoms with Crippen LogP contribution in [0, 0.1) is 19.7 Å². The number of benzene rings is 2. The second-order valence-corrected chi connectivity index (χ2v) is 10.3. The van der Waals surface area contributed by atoms with E-state index in [9.17, 15) is 22.4 Å². The maximum atomic E-state index is 14.2. The number of rotatable bonds is 5. The van der Waals surface area contributed by atoms with Crippen LogP contribution in [-0.4, -0.2) is 47.5 Å². The number of halogens is 1. The standard InChI is InChI=1S/C24H25FN4O4S/c1-16-7-9-19(10-8-16)34(32,33)28-13-11-18(12-14-28)26-24(31)23-22(30)15-17(2)29(27-23)21-6-4-3-5-20(21)25/h3-10,15,18H,11-14H2,1-2H3,(H,26,31). The molecule has 1 amide bonds. The fraction of sp³-hybridized carbons (Fsp3) is 0.292. The van der Waals surface area contributed by atoms with E-state index in [-0.39, 0.29) is 35.4 Å². The van der Waals surface area contributed by atoms with Gasteiger partial charge in [0.25, 0.3) is 5.91 Å². The van der Waals surface area contributed by atoms with Crippen molar-refractivity contribution in [3.8, 4) is 5.69 Å². The highest BCUT2D eigenvalue weighted by molar-refractivity contribution is 7.89. The Balaban J connectivity index is 1.46. The van der Waals surface area contributed by atoms with Gasteiger partial charge in [-0.15, -0.1) is 0 Å². The van der Waals surface area contributed by atoms with Crippen molar-refractivity contribution in [1.29, 1.82) is 0 Å². The first kappa shape index (κ1) is 23.8. The molecule has 2 heterocycles. The van der Waals surface area contributed by atoms with Crippen LogP contribution in [-0.2, 0) is 10.0 Å². The molecule has 3 aromatic rings. The van der Waals surface area contributed by atoms with Crippen LogP contribution in [0.4, 0.5) is 4.39 Å². The number of carbonyl (C=O) groups is 1. The lowest BCUT2D eigenvalue weighted by Crippen LogP contribution is -2.47. The largest absolute Gasteiger partial charge is 0.348 e. The average Bonchev–Trinajstić information content (AvgIpc) is 2.80. The summed E-state index contributed by atoms with van der Waals surface area (Å²) in [5, 5.41) is 6.89. The maximum absolute atomic E-state index is 14.2. The van der Waals surface area contributed by atoms with Gasteiger partial charge in [-0.25, -0.2) is 17.5 Å². The predicted molar refractivity (Wildman–Crippen MR) is 125 cm³/mol. The van der Waals surface area contributed by atoms with E-state index in [0.29, 0.717) is 18.5 Å². The van der Waals surface area contributed by atoms with E-state index in [1.807, 2.05) is 6.92 Å². The van der Waals surface area contributed by atoms with Crippen molar-refractivity contribution in [2.24, 2.45) is 0 Å². The van der Waals surface area contributed by atoms with Crippen LogP contribution in [0.5, 0.6) is 0 Å². The zero-order valence-corrected chi connectivity index (χ0v) is 19.7. The van der Waals surface area contributed by atoms with E-state index in [1.165, 1.54) is 33.3 Å². The van der Waals surface area contributed by atoms with Crippen molar-refractivity contribution in [3.63, 3.8) is 0 Å². The normalized spacial score (nSPS) is 15.3. The highest BCUT2D eigenvalue weighted by Gasteiger charge is 2.30. The monoisotopic (exact) mass is 484 g/mol. The number of aromatic nitrogens is 2. The first-order chi connectivity index (χ1) is 16.2. The second kappa shape index (κ2) is 9.47. The molecule has 4 rings (SSSR count). The summed E-state index contributed by atoms with van der Waals surface area (Å²) in [6.07, 6.45) is 0.786. The summed E-state index contributed by atoms with van der Waals surface area (Å²) in [7, 11) is -3.62. The lowest BCUT2D eigenvalue weighted by molar-refractivity contribution is 0.0915. The van der Waals surface area contributed by atoms with Crippen molar-refractivity contribution in [3.05, 3.63) is 87.6 Å². The molecule has 1 aliphatic heterocycles. The molecule has 0 aliphatic carbocycles. The van der Waals surface area contributed by atoms with E-state index >= 15 is 0 Å². The molecular weight excluding hydrogens is 459 g/mol. The molecule has 1 fully saturated rings. The Kier molecular flexibility index (Phi) is 6.63. The number of sulfonamides is 1. The zero-order chi connectivity index (χ0) is 24.5. The lowest BCUT2D eigenvalue weighted by atomic mass is 10.1. The maximum Gasteiger partial charge on any atom is 0.276 e. The summed E-state index contributed by atoms with van der Waals surface area (Å²) in [5.41, 5.74) is 0.578. The van der Waals surface area contributed by atoms with E-state index in [2.05, 4.69) is 10.4 Å². The van der Waals surface area contributed by atoms with Crippen molar-refractivity contribution >= 4 is 15.9 Å². The van der Waals surface area contributed by atoms with E-state index in [4.69, 9.17) is 0 Å². The number of aryl methyl sites for hydroxylation is 2. The van der Waals surface area contributed by atoms with Gasteiger partial charge < -0.3 is 5.32 Å². The predicted octanol–water partition coefficient (Wildman–Crippen LogP) is 2.57. The minimum absolute atomic E-state index is 0.128. The van der Waals surface area contributed by atoms with Crippen LogP contribution in [0.3, 0.4) is 0 Å². The van der Waals surface area contributed by atoms with Gasteiger partial charge in [0.15, 0.2) is 5.69 Å². The van der Waals surface area contributed by atoms with Crippen LogP contribution >= 0.6 is 0 Å². The van der Waals surface area contributed by atoms with E-state index in [1.54, 1.807) is 37.3 Å². The number of hydrogen-bond donors (Lipinski definition) is 1. The SMILES string of the molecule is Cc1ccc(S(=O)(=O)N2CCC(NC(=O)c3nn(-c4ccccc4F)c(C)cc3=O)CC2)cc1. The minimum atomic E-state index is -3.62. The molecule has 8 nitrogen and oxygen atoms in total. The van der Waals surface area contributed by atoms with Crippen molar-refractivity contribution in [2.45, 2.75) is 37.6 Å². The molecule has 34 heavy (non-hydrogen) atoms. The van der Waals surface area contributed by atoms with Gasteiger partial charge >= 0.3 is 0 Å². The Hall–Kier alpha value is -3.37. The van der Waals surface area contributed by atoms with Gasteiger partial charge in [-0.2, -0.15) is 9.40 Å². The highest BCUT2D eigenvalue weighted by Crippen LogP contribution is 2.21. The average molecular weight is 485 g/mol. The molecule has 1 aliphatic rings. The van der Waals surface area contributed by atoms with Crippen LogP contribution in [0.25, 0.3) is 5.69 Å². The summed E-state index contributed by atoms with van der Waals surface area (Å²) in [6, 6.07) is 13.5. The van der Waals surface area contributed by atoms with Crippen molar-refractivity contribution < 1.29 is 17.6 Å². The summed E-state index contributed by atoms with van der Waals surface area (Å²) in [6.45, 7) is 3.97. The van der Waals surface area contributed by atoms with Gasteiger partial charge in [0.2, 0.25) is 15.5 Å². The number of piperidine rings is 1. The molecule has 1 aromatic heterocycles. The summed E-state index contributed by atoms with van der Waals surface area (Å²) in [5.74, 6) is -1.20. The molecule has 1 N–H and O–H groups in total. The van der Waals surface area contributed by atoms with E-state index < -0.39 is 27.2 Å².